The molecular formula is C26H27N5O6S3. The van der Waals surface area contributed by atoms with Gasteiger partial charge in [0, 0.05) is 17.2 Å². The largest absolute Gasteiger partial charge is 0.453 e. The summed E-state index contributed by atoms with van der Waals surface area (Å²) in [4.78, 5) is 34.8. The molecule has 210 valence electrons. The number of aromatic nitrogens is 2. The van der Waals surface area contributed by atoms with E-state index in [1.165, 1.54) is 41.9 Å². The Balaban J connectivity index is 1.62. The lowest BCUT2D eigenvalue weighted by molar-refractivity contribution is -0.123. The van der Waals surface area contributed by atoms with E-state index in [-0.39, 0.29) is 17.7 Å². The highest BCUT2D eigenvalue weighted by Crippen LogP contribution is 2.29. The highest BCUT2D eigenvalue weighted by Gasteiger charge is 2.27. The standard InChI is InChI=1S/C26H27N5O6S3/c1-16-28-23(15-38-16)25-30-22(14-39-25)20(12-18-8-10-19(11-9-18)40(34,35)37-27)29-24(32)21(31-26(33)36-2)13-17-6-4-3-5-7-17/h3-11,14-15,20-21H,12-13,27H2,1-2H3,(H,29,32)(H,31,33)/t20-,21-/m0/s1. The number of nitrogens with two attached hydrogens (primary N) is 1. The average Bonchev–Trinajstić information content (AvgIpc) is 3.62. The van der Waals surface area contributed by atoms with Gasteiger partial charge in [0.1, 0.15) is 16.7 Å². The van der Waals surface area contributed by atoms with Crippen molar-refractivity contribution in [3.05, 3.63) is 87.2 Å². The first kappa shape index (κ1) is 29.3. The molecule has 4 aromatic rings. The monoisotopic (exact) mass is 601 g/mol. The third-order valence-corrected chi connectivity index (χ3v) is 8.65. The van der Waals surface area contributed by atoms with Crippen LogP contribution in [0.25, 0.3) is 10.7 Å². The van der Waals surface area contributed by atoms with Crippen LogP contribution in [0.3, 0.4) is 0 Å². The van der Waals surface area contributed by atoms with Crippen LogP contribution in [0.5, 0.6) is 0 Å². The molecular weight excluding hydrogens is 575 g/mol. The molecule has 4 rings (SSSR count). The maximum Gasteiger partial charge on any atom is 0.407 e. The molecule has 11 nitrogen and oxygen atoms in total. The Labute approximate surface area is 239 Å². The molecule has 14 heteroatoms. The lowest BCUT2D eigenvalue weighted by Crippen LogP contribution is -2.49. The van der Waals surface area contributed by atoms with Crippen LogP contribution in [0.1, 0.15) is 27.9 Å². The van der Waals surface area contributed by atoms with Gasteiger partial charge in [0.2, 0.25) is 5.91 Å². The second-order valence-corrected chi connectivity index (χ2v) is 12.2. The summed E-state index contributed by atoms with van der Waals surface area (Å²) >= 11 is 2.91. The number of thiazole rings is 2. The Kier molecular flexibility index (Phi) is 9.60. The third-order valence-electron chi connectivity index (χ3n) is 5.89. The predicted octanol–water partition coefficient (Wildman–Crippen LogP) is 3.52. The van der Waals surface area contributed by atoms with Gasteiger partial charge >= 0.3 is 16.2 Å². The lowest BCUT2D eigenvalue weighted by atomic mass is 10.0. The zero-order valence-corrected chi connectivity index (χ0v) is 24.0. The number of hydrogen-bond donors (Lipinski definition) is 3. The maximum absolute atomic E-state index is 13.6. The molecule has 2 aromatic heterocycles. The Hall–Kier alpha value is -3.69. The van der Waals surface area contributed by atoms with Crippen LogP contribution >= 0.6 is 22.7 Å². The van der Waals surface area contributed by atoms with Crippen molar-refractivity contribution in [1.29, 1.82) is 0 Å². The molecule has 0 saturated heterocycles. The quantitative estimate of drug-likeness (QED) is 0.218. The molecule has 0 radical (unpaired) electrons. The number of nitrogens with zero attached hydrogens (tertiary/aromatic N) is 2. The Bertz CT molecular complexity index is 1550. The van der Waals surface area contributed by atoms with Crippen molar-refractivity contribution >= 4 is 44.8 Å². The number of hydrogen-bond acceptors (Lipinski definition) is 11. The summed E-state index contributed by atoms with van der Waals surface area (Å²) in [5.41, 5.74) is 2.91. The summed E-state index contributed by atoms with van der Waals surface area (Å²) in [5, 5.41) is 11.0. The fourth-order valence-electron chi connectivity index (χ4n) is 3.87. The summed E-state index contributed by atoms with van der Waals surface area (Å²) in [5.74, 6) is 4.45. The lowest BCUT2D eigenvalue weighted by Gasteiger charge is -2.23. The molecule has 0 unspecified atom stereocenters. The van der Waals surface area contributed by atoms with E-state index in [0.717, 1.165) is 21.8 Å². The fraction of sp³-hybridized carbons (Fsp3) is 0.231. The number of benzene rings is 2. The minimum Gasteiger partial charge on any atom is -0.453 e. The molecule has 2 aromatic carbocycles. The van der Waals surface area contributed by atoms with Gasteiger partial charge in [0.15, 0.2) is 0 Å². The Morgan fingerprint density at radius 3 is 2.27 bits per heavy atom. The molecule has 2 atom stereocenters. The average molecular weight is 602 g/mol. The van der Waals surface area contributed by atoms with Crippen LogP contribution in [-0.4, -0.2) is 43.5 Å². The zero-order valence-electron chi connectivity index (χ0n) is 21.6. The molecule has 0 aliphatic heterocycles. The van der Waals surface area contributed by atoms with Gasteiger partial charge in [-0.1, -0.05) is 42.5 Å². The van der Waals surface area contributed by atoms with E-state index >= 15 is 0 Å². The topological polar surface area (TPSA) is 163 Å². The van der Waals surface area contributed by atoms with Crippen LogP contribution in [0, 0.1) is 6.92 Å². The second kappa shape index (κ2) is 13.1. The van der Waals surface area contributed by atoms with Crippen LogP contribution in [0.2, 0.25) is 0 Å². The van der Waals surface area contributed by atoms with Gasteiger partial charge in [-0.15, -0.1) is 22.7 Å². The number of carbonyl (C=O) groups excluding carboxylic acids is 2. The van der Waals surface area contributed by atoms with Gasteiger partial charge in [-0.3, -0.25) is 4.79 Å². The van der Waals surface area contributed by atoms with Crippen molar-refractivity contribution in [2.75, 3.05) is 7.11 Å². The number of aryl methyl sites for hydroxylation is 1. The van der Waals surface area contributed by atoms with E-state index in [1.54, 1.807) is 12.1 Å². The highest BCUT2D eigenvalue weighted by atomic mass is 32.2. The minimum atomic E-state index is -4.06. The minimum absolute atomic E-state index is 0.0978. The fourth-order valence-corrected chi connectivity index (χ4v) is 5.96. The van der Waals surface area contributed by atoms with Crippen molar-refractivity contribution in [2.45, 2.75) is 36.7 Å². The summed E-state index contributed by atoms with van der Waals surface area (Å²) in [6, 6.07) is 13.7. The SMILES string of the molecule is COC(=O)N[C@@H](Cc1ccccc1)C(=O)N[C@@H](Cc1ccc(S(=O)(=O)ON)cc1)c1csc(-c2csc(C)n2)n1. The van der Waals surface area contributed by atoms with Crippen molar-refractivity contribution in [1.82, 2.24) is 20.6 Å². The molecule has 0 fully saturated rings. The number of methoxy groups -OCH3 is 1. The van der Waals surface area contributed by atoms with Crippen molar-refractivity contribution in [2.24, 2.45) is 5.90 Å². The number of rotatable bonds is 11. The zero-order chi connectivity index (χ0) is 28.7. The van der Waals surface area contributed by atoms with E-state index in [0.29, 0.717) is 10.7 Å². The van der Waals surface area contributed by atoms with Crippen molar-refractivity contribution in [3.63, 3.8) is 0 Å². The number of alkyl carbamates (subject to hydrolysis) is 1. The molecule has 0 spiro atoms. The Morgan fingerprint density at radius 1 is 0.950 bits per heavy atom. The maximum atomic E-state index is 13.6. The highest BCUT2D eigenvalue weighted by molar-refractivity contribution is 7.86. The third kappa shape index (κ3) is 7.49. The molecule has 0 aliphatic rings. The molecule has 0 aliphatic carbocycles. The van der Waals surface area contributed by atoms with E-state index < -0.39 is 34.2 Å². The first-order valence-corrected chi connectivity index (χ1v) is 15.1. The summed E-state index contributed by atoms with van der Waals surface area (Å²) in [6.45, 7) is 1.91. The van der Waals surface area contributed by atoms with E-state index in [4.69, 9.17) is 15.6 Å². The van der Waals surface area contributed by atoms with Gasteiger partial charge in [0.05, 0.1) is 28.7 Å². The molecule has 0 saturated carbocycles. The van der Waals surface area contributed by atoms with Crippen LogP contribution in [0.4, 0.5) is 4.79 Å². The van der Waals surface area contributed by atoms with E-state index in [2.05, 4.69) is 19.9 Å². The van der Waals surface area contributed by atoms with Crippen LogP contribution in [-0.2, 0) is 36.8 Å². The predicted molar refractivity (Wildman–Crippen MR) is 151 cm³/mol. The summed E-state index contributed by atoms with van der Waals surface area (Å²) in [7, 11) is -2.83. The van der Waals surface area contributed by atoms with E-state index in [9.17, 15) is 18.0 Å². The normalized spacial score (nSPS) is 12.9. The number of amides is 2. The van der Waals surface area contributed by atoms with Gasteiger partial charge in [-0.05, 0) is 36.6 Å². The molecule has 40 heavy (non-hydrogen) atoms. The smallest absolute Gasteiger partial charge is 0.407 e. The molecule has 2 heterocycles. The first-order valence-electron chi connectivity index (χ1n) is 12.0. The molecule has 2 amide bonds. The number of carbonyl (C=O) groups is 2. The van der Waals surface area contributed by atoms with E-state index in [1.807, 2.05) is 48.0 Å². The first-order chi connectivity index (χ1) is 19.2. The van der Waals surface area contributed by atoms with Crippen molar-refractivity contribution < 1.29 is 27.0 Å². The number of nitrogens with one attached hydrogen (secondary N) is 2. The molecule has 4 N–H and O–H groups in total. The van der Waals surface area contributed by atoms with Gasteiger partial charge < -0.3 is 15.4 Å². The van der Waals surface area contributed by atoms with Gasteiger partial charge in [-0.25, -0.2) is 14.8 Å². The summed E-state index contributed by atoms with van der Waals surface area (Å²) in [6.07, 6.45) is -0.215. The van der Waals surface area contributed by atoms with Gasteiger partial charge in [0.25, 0.3) is 0 Å². The second-order valence-electron chi connectivity index (χ2n) is 8.67. The number of ether oxygens (including phenoxy) is 1. The Morgan fingerprint density at radius 2 is 1.65 bits per heavy atom. The van der Waals surface area contributed by atoms with Crippen LogP contribution < -0.4 is 16.5 Å². The summed E-state index contributed by atoms with van der Waals surface area (Å²) < 4.78 is 32.7. The van der Waals surface area contributed by atoms with Gasteiger partial charge in [-0.2, -0.15) is 18.6 Å². The van der Waals surface area contributed by atoms with Crippen molar-refractivity contribution in [3.8, 4) is 10.7 Å². The van der Waals surface area contributed by atoms with Crippen LogP contribution in [0.15, 0.2) is 70.3 Å². The molecule has 0 bridgehead atoms.